The van der Waals surface area contributed by atoms with Crippen LogP contribution in [-0.4, -0.2) is 124 Å². The number of hydrogen-bond acceptors (Lipinski definition) is 7. The first-order valence-corrected chi connectivity index (χ1v) is 20.7. The normalized spacial score (nSPS) is 21.6. The van der Waals surface area contributed by atoms with Crippen LogP contribution < -0.4 is 21.3 Å². The number of benzene rings is 2. The molecule has 326 valence electrons. The molecule has 2 fully saturated rings. The molecular formula is C43H57F4N9O4. The number of nitrogens with zero attached hydrogens (tertiary/aromatic N) is 4. The van der Waals surface area contributed by atoms with E-state index in [1.54, 1.807) is 72.3 Å². The lowest BCUT2D eigenvalue weighted by Crippen LogP contribution is -2.55. The van der Waals surface area contributed by atoms with Crippen molar-refractivity contribution in [3.63, 3.8) is 0 Å². The van der Waals surface area contributed by atoms with Crippen molar-refractivity contribution in [3.05, 3.63) is 53.6 Å². The Bertz CT molecular complexity index is 2070. The van der Waals surface area contributed by atoms with Gasteiger partial charge in [0.05, 0.1) is 47.9 Å². The Labute approximate surface area is 347 Å². The number of H-pyrrole nitrogens is 1. The average Bonchev–Trinajstić information content (AvgIpc) is 3.96. The third-order valence-corrected chi connectivity index (χ3v) is 12.0. The number of fused-ring (bicyclic) bond motifs is 2. The number of carbonyl (C=O) groups is 4. The summed E-state index contributed by atoms with van der Waals surface area (Å²) < 4.78 is 62.3. The van der Waals surface area contributed by atoms with Gasteiger partial charge >= 0.3 is 0 Å². The summed E-state index contributed by atoms with van der Waals surface area (Å²) in [6, 6.07) is 3.92. The predicted molar refractivity (Wildman–Crippen MR) is 221 cm³/mol. The van der Waals surface area contributed by atoms with E-state index in [1.165, 1.54) is 34.1 Å². The Balaban J connectivity index is 1.41. The molecule has 0 saturated carbocycles. The largest absolute Gasteiger partial charge is 0.352 e. The highest BCUT2D eigenvalue weighted by atomic mass is 19.1. The summed E-state index contributed by atoms with van der Waals surface area (Å²) in [5.74, 6) is -3.02. The van der Waals surface area contributed by atoms with Crippen molar-refractivity contribution in [2.24, 2.45) is 11.8 Å². The van der Waals surface area contributed by atoms with Crippen LogP contribution in [0.3, 0.4) is 0 Å². The molecule has 6 rings (SSSR count). The Morgan fingerprint density at radius 2 is 1.28 bits per heavy atom. The molecule has 2 aliphatic heterocycles. The van der Waals surface area contributed by atoms with Gasteiger partial charge in [0.2, 0.25) is 23.6 Å². The smallest absolute Gasteiger partial charge is 0.245 e. The first-order chi connectivity index (χ1) is 28.4. The first kappa shape index (κ1) is 44.5. The SMILES string of the molecule is CN[C@@H](C)C(=O)N[C@H](C(=O)N1C[C@@H](F)C[C@H]1Cc1c(-c2nc3cc(F)ccc3n2C[C@@H]2C[C@H](F)CN2C(=O)[C@@H](NC(=O)[C@H](C)NC)C(C)C)[nH]c2cc(F)ccc12)C(C)C. The van der Waals surface area contributed by atoms with E-state index < -0.39 is 72.0 Å². The standard InChI is InChI=1S/C43H57F4N9O4/c1-21(2)36(52-40(57)23(5)48-7)42(59)54-18-27(46)13-29(54)17-32-31-11-9-25(44)15-33(31)50-38(32)39-51-34-16-26(45)10-12-35(34)56(39)20-30-14-28(47)19-55(30)43(60)37(22(3)4)53-41(58)24(6)49-8/h9-12,15-16,21-24,27-30,36-37,48-50H,13-14,17-20H2,1-8H3,(H,52,57)(H,53,58)/t23-,24-,27-,28-,29-,30-,36-,37-/m0/s1. The predicted octanol–water partition coefficient (Wildman–Crippen LogP) is 4.38. The second-order valence-corrected chi connectivity index (χ2v) is 17.0. The number of halogens is 4. The molecule has 0 unspecified atom stereocenters. The van der Waals surface area contributed by atoms with Crippen LogP contribution in [0.5, 0.6) is 0 Å². The zero-order valence-corrected chi connectivity index (χ0v) is 35.4. The van der Waals surface area contributed by atoms with Crippen molar-refractivity contribution in [2.45, 2.75) is 116 Å². The maximum atomic E-state index is 15.5. The van der Waals surface area contributed by atoms with E-state index >= 15 is 8.78 Å². The summed E-state index contributed by atoms with van der Waals surface area (Å²) in [6.45, 7) is 10.2. The van der Waals surface area contributed by atoms with Crippen LogP contribution in [0.1, 0.15) is 59.9 Å². The van der Waals surface area contributed by atoms with Gasteiger partial charge in [0.15, 0.2) is 5.82 Å². The molecule has 8 atom stereocenters. The lowest BCUT2D eigenvalue weighted by molar-refractivity contribution is -0.139. The van der Waals surface area contributed by atoms with Gasteiger partial charge in [-0.05, 0) is 82.1 Å². The van der Waals surface area contributed by atoms with Crippen LogP contribution in [0.15, 0.2) is 36.4 Å². The fraction of sp³-hybridized carbons (Fsp3) is 0.558. The highest BCUT2D eigenvalue weighted by molar-refractivity contribution is 5.93. The molecule has 4 heterocycles. The van der Waals surface area contributed by atoms with Crippen LogP contribution in [0, 0.1) is 23.5 Å². The summed E-state index contributed by atoms with van der Waals surface area (Å²) in [5, 5.41) is 12.0. The van der Waals surface area contributed by atoms with Crippen LogP contribution in [0.2, 0.25) is 0 Å². The second kappa shape index (κ2) is 18.3. The van der Waals surface area contributed by atoms with Gasteiger partial charge in [0.25, 0.3) is 0 Å². The van der Waals surface area contributed by atoms with Crippen molar-refractivity contribution in [1.29, 1.82) is 0 Å². The van der Waals surface area contributed by atoms with Gasteiger partial charge in [0.1, 0.15) is 36.1 Å². The number of aromatic amines is 1. The monoisotopic (exact) mass is 839 g/mol. The molecule has 2 aliphatic rings. The minimum absolute atomic E-state index is 0.00401. The lowest BCUT2D eigenvalue weighted by atomic mass is 9.98. The topological polar surface area (TPSA) is 156 Å². The minimum atomic E-state index is -1.36. The molecule has 17 heteroatoms. The van der Waals surface area contributed by atoms with Crippen LogP contribution >= 0.6 is 0 Å². The maximum absolute atomic E-state index is 15.5. The number of hydrogen-bond donors (Lipinski definition) is 5. The maximum Gasteiger partial charge on any atom is 0.245 e. The van der Waals surface area contributed by atoms with Gasteiger partial charge < -0.3 is 40.6 Å². The molecule has 2 saturated heterocycles. The number of aromatic nitrogens is 3. The third-order valence-electron chi connectivity index (χ3n) is 12.0. The summed E-state index contributed by atoms with van der Waals surface area (Å²) in [5.41, 5.74) is 2.16. The summed E-state index contributed by atoms with van der Waals surface area (Å²) in [6.07, 6.45) is -2.61. The molecule has 0 bridgehead atoms. The number of imidazole rings is 1. The van der Waals surface area contributed by atoms with E-state index in [0.29, 0.717) is 27.7 Å². The molecule has 0 spiro atoms. The molecule has 5 N–H and O–H groups in total. The van der Waals surface area contributed by atoms with Crippen molar-refractivity contribution in [2.75, 3.05) is 27.2 Å². The quantitative estimate of drug-likeness (QED) is 0.111. The summed E-state index contributed by atoms with van der Waals surface area (Å²) in [7, 11) is 3.26. The van der Waals surface area contributed by atoms with E-state index in [1.807, 2.05) is 0 Å². The highest BCUT2D eigenvalue weighted by Gasteiger charge is 2.42. The highest BCUT2D eigenvalue weighted by Crippen LogP contribution is 2.37. The number of amides is 4. The number of likely N-dealkylation sites (N-methyl/N-ethyl adjacent to an activating group) is 2. The minimum Gasteiger partial charge on any atom is -0.352 e. The average molecular weight is 840 g/mol. The van der Waals surface area contributed by atoms with E-state index in [9.17, 15) is 28.0 Å². The third kappa shape index (κ3) is 9.16. The van der Waals surface area contributed by atoms with Crippen LogP contribution in [0.25, 0.3) is 33.5 Å². The zero-order valence-electron chi connectivity index (χ0n) is 35.4. The Morgan fingerprint density at radius 3 is 1.83 bits per heavy atom. The zero-order chi connectivity index (χ0) is 43.7. The molecule has 4 aromatic rings. The number of alkyl halides is 2. The lowest BCUT2D eigenvalue weighted by Gasteiger charge is -2.32. The Kier molecular flexibility index (Phi) is 13.6. The molecule has 0 aliphatic carbocycles. The van der Waals surface area contributed by atoms with Gasteiger partial charge in [-0.15, -0.1) is 0 Å². The summed E-state index contributed by atoms with van der Waals surface area (Å²) >= 11 is 0. The summed E-state index contributed by atoms with van der Waals surface area (Å²) in [4.78, 5) is 65.3. The van der Waals surface area contributed by atoms with Crippen LogP contribution in [0.4, 0.5) is 17.6 Å². The van der Waals surface area contributed by atoms with E-state index in [2.05, 4.69) is 26.3 Å². The molecule has 60 heavy (non-hydrogen) atoms. The number of nitrogens with one attached hydrogen (secondary N) is 5. The second-order valence-electron chi connectivity index (χ2n) is 17.0. The van der Waals surface area contributed by atoms with Gasteiger partial charge in [-0.3, -0.25) is 19.2 Å². The van der Waals surface area contributed by atoms with Crippen molar-refractivity contribution in [1.82, 2.24) is 45.6 Å². The van der Waals surface area contributed by atoms with Gasteiger partial charge in [-0.2, -0.15) is 0 Å². The fourth-order valence-electron chi connectivity index (χ4n) is 8.38. The first-order valence-electron chi connectivity index (χ1n) is 20.7. The molecule has 2 aromatic heterocycles. The van der Waals surface area contributed by atoms with Gasteiger partial charge in [-0.25, -0.2) is 22.5 Å². The Morgan fingerprint density at radius 1 is 0.767 bits per heavy atom. The van der Waals surface area contributed by atoms with Crippen LogP contribution in [-0.2, 0) is 32.1 Å². The molecule has 2 aromatic carbocycles. The van der Waals surface area contributed by atoms with E-state index in [4.69, 9.17) is 4.98 Å². The Hall–Kier alpha value is -5.03. The molecular weight excluding hydrogens is 783 g/mol. The van der Waals surface area contributed by atoms with E-state index in [0.717, 1.165) is 0 Å². The fourth-order valence-corrected chi connectivity index (χ4v) is 8.38. The van der Waals surface area contributed by atoms with Crippen molar-refractivity contribution >= 4 is 45.6 Å². The number of likely N-dealkylation sites (tertiary alicyclic amines) is 2. The number of carbonyl (C=O) groups excluding carboxylic acids is 4. The molecule has 0 radical (unpaired) electrons. The van der Waals surface area contributed by atoms with Gasteiger partial charge in [-0.1, -0.05) is 27.7 Å². The molecule has 13 nitrogen and oxygen atoms in total. The van der Waals surface area contributed by atoms with Gasteiger partial charge in [0, 0.05) is 42.4 Å². The number of rotatable bonds is 15. The van der Waals surface area contributed by atoms with Crippen molar-refractivity contribution < 1.29 is 36.7 Å². The van der Waals surface area contributed by atoms with Crippen molar-refractivity contribution in [3.8, 4) is 11.5 Å². The van der Waals surface area contributed by atoms with E-state index in [-0.39, 0.29) is 73.9 Å². The molecule has 4 amide bonds.